The van der Waals surface area contributed by atoms with Gasteiger partial charge in [-0.1, -0.05) is 58.0 Å². The summed E-state index contributed by atoms with van der Waals surface area (Å²) in [6, 6.07) is 10.1. The van der Waals surface area contributed by atoms with Gasteiger partial charge in [-0.2, -0.15) is 0 Å². The van der Waals surface area contributed by atoms with Crippen LogP contribution in [0, 0.1) is 11.3 Å². The number of amides is 1. The van der Waals surface area contributed by atoms with Gasteiger partial charge in [0.2, 0.25) is 5.91 Å². The first kappa shape index (κ1) is 19.9. The Balaban J connectivity index is 0.00000400. The van der Waals surface area contributed by atoms with Crippen LogP contribution in [-0.2, 0) is 11.3 Å². The summed E-state index contributed by atoms with van der Waals surface area (Å²) >= 11 is 0. The lowest BCUT2D eigenvalue weighted by molar-refractivity contribution is -0.133. The summed E-state index contributed by atoms with van der Waals surface area (Å²) in [6.07, 6.45) is 0.580. The van der Waals surface area contributed by atoms with E-state index in [4.69, 9.17) is 5.73 Å². The molecule has 0 heterocycles. The Labute approximate surface area is 135 Å². The van der Waals surface area contributed by atoms with Crippen LogP contribution in [0.25, 0.3) is 0 Å². The van der Waals surface area contributed by atoms with E-state index in [0.29, 0.717) is 32.0 Å². The molecule has 120 valence electrons. The topological polar surface area (TPSA) is 46.3 Å². The average molecular weight is 313 g/mol. The second-order valence-electron chi connectivity index (χ2n) is 6.56. The van der Waals surface area contributed by atoms with Crippen LogP contribution < -0.4 is 5.73 Å². The molecule has 0 bridgehead atoms. The molecule has 2 N–H and O–H groups in total. The quantitative estimate of drug-likeness (QED) is 0.874. The Morgan fingerprint density at radius 2 is 1.81 bits per heavy atom. The Morgan fingerprint density at radius 3 is 2.29 bits per heavy atom. The molecular formula is C17H29ClN2O. The highest BCUT2D eigenvalue weighted by molar-refractivity contribution is 5.85. The van der Waals surface area contributed by atoms with Gasteiger partial charge in [-0.15, -0.1) is 12.4 Å². The van der Waals surface area contributed by atoms with Crippen molar-refractivity contribution in [1.29, 1.82) is 0 Å². The number of hydrogen-bond donors (Lipinski definition) is 1. The predicted octanol–water partition coefficient (Wildman–Crippen LogP) is 3.47. The highest BCUT2D eigenvalue weighted by Gasteiger charge is 2.24. The maximum absolute atomic E-state index is 12.5. The number of hydrogen-bond acceptors (Lipinski definition) is 2. The van der Waals surface area contributed by atoms with Crippen LogP contribution in [-0.4, -0.2) is 23.9 Å². The van der Waals surface area contributed by atoms with Crippen molar-refractivity contribution in [3.05, 3.63) is 35.9 Å². The first-order chi connectivity index (χ1) is 9.34. The molecule has 4 heteroatoms. The van der Waals surface area contributed by atoms with E-state index in [0.717, 1.165) is 5.56 Å². The molecule has 0 aliphatic rings. The minimum absolute atomic E-state index is 0. The molecule has 0 aliphatic carbocycles. The number of nitrogens with zero attached hydrogens (tertiary/aromatic N) is 1. The molecule has 0 aromatic heterocycles. The molecule has 0 radical (unpaired) electrons. The number of carbonyl (C=O) groups excluding carboxylic acids is 1. The van der Waals surface area contributed by atoms with Crippen molar-refractivity contribution in [2.75, 3.05) is 13.1 Å². The van der Waals surface area contributed by atoms with Crippen LogP contribution in [0.2, 0.25) is 0 Å². The number of carbonyl (C=O) groups is 1. The molecule has 3 nitrogen and oxygen atoms in total. The van der Waals surface area contributed by atoms with Crippen LogP contribution in [0.1, 0.15) is 39.7 Å². The molecule has 1 aromatic rings. The van der Waals surface area contributed by atoms with E-state index >= 15 is 0 Å². The van der Waals surface area contributed by atoms with Gasteiger partial charge in [-0.05, 0) is 16.9 Å². The Morgan fingerprint density at radius 1 is 1.24 bits per heavy atom. The summed E-state index contributed by atoms with van der Waals surface area (Å²) in [5.41, 5.74) is 6.94. The number of halogens is 1. The zero-order valence-electron chi connectivity index (χ0n) is 13.6. The lowest BCUT2D eigenvalue weighted by atomic mass is 9.80. The van der Waals surface area contributed by atoms with Gasteiger partial charge in [0.05, 0.1) is 0 Å². The van der Waals surface area contributed by atoms with Crippen LogP contribution >= 0.6 is 12.4 Å². The van der Waals surface area contributed by atoms with Crippen molar-refractivity contribution in [3.8, 4) is 0 Å². The third-order valence-corrected chi connectivity index (χ3v) is 3.93. The minimum atomic E-state index is 0. The molecule has 0 fully saturated rings. The normalized spacial score (nSPS) is 12.4. The summed E-state index contributed by atoms with van der Waals surface area (Å²) in [7, 11) is 0. The van der Waals surface area contributed by atoms with Crippen LogP contribution in [0.5, 0.6) is 0 Å². The molecular weight excluding hydrogens is 284 g/mol. The fourth-order valence-electron chi connectivity index (χ4n) is 1.95. The van der Waals surface area contributed by atoms with Crippen LogP contribution in [0.3, 0.4) is 0 Å². The summed E-state index contributed by atoms with van der Waals surface area (Å²) < 4.78 is 0. The van der Waals surface area contributed by atoms with Crippen molar-refractivity contribution in [3.63, 3.8) is 0 Å². The fraction of sp³-hybridized carbons (Fsp3) is 0.588. The zero-order chi connectivity index (χ0) is 15.2. The van der Waals surface area contributed by atoms with Gasteiger partial charge in [0.25, 0.3) is 0 Å². The first-order valence-corrected chi connectivity index (χ1v) is 7.36. The van der Waals surface area contributed by atoms with Gasteiger partial charge >= 0.3 is 0 Å². The lowest BCUT2D eigenvalue weighted by Crippen LogP contribution is -2.37. The fourth-order valence-corrected chi connectivity index (χ4v) is 1.95. The number of nitrogens with two attached hydrogens (primary N) is 1. The third kappa shape index (κ3) is 6.96. The van der Waals surface area contributed by atoms with Crippen molar-refractivity contribution < 1.29 is 4.79 Å². The molecule has 1 unspecified atom stereocenters. The standard InChI is InChI=1S/C17H28N2O.ClH/c1-14(17(2,3)4)12-16(20)19(11-10-18)13-15-8-6-5-7-9-15;/h5-9,14H,10-13,18H2,1-4H3;1H. The van der Waals surface area contributed by atoms with Crippen molar-refractivity contribution in [1.82, 2.24) is 4.90 Å². The van der Waals surface area contributed by atoms with E-state index in [1.807, 2.05) is 35.2 Å². The molecule has 0 aliphatic heterocycles. The van der Waals surface area contributed by atoms with E-state index in [-0.39, 0.29) is 23.7 Å². The van der Waals surface area contributed by atoms with Crippen LogP contribution in [0.4, 0.5) is 0 Å². The molecule has 0 saturated carbocycles. The van der Waals surface area contributed by atoms with E-state index in [1.54, 1.807) is 0 Å². The summed E-state index contributed by atoms with van der Waals surface area (Å²) in [6.45, 7) is 10.4. The molecule has 1 amide bonds. The van der Waals surface area contributed by atoms with Crippen LogP contribution in [0.15, 0.2) is 30.3 Å². The van der Waals surface area contributed by atoms with Crippen molar-refractivity contribution in [2.45, 2.75) is 40.7 Å². The van der Waals surface area contributed by atoms with Gasteiger partial charge in [-0.3, -0.25) is 4.79 Å². The van der Waals surface area contributed by atoms with E-state index < -0.39 is 0 Å². The number of rotatable bonds is 6. The molecule has 0 spiro atoms. The molecule has 0 saturated heterocycles. The highest BCUT2D eigenvalue weighted by atomic mass is 35.5. The van der Waals surface area contributed by atoms with Crippen molar-refractivity contribution >= 4 is 18.3 Å². The maximum Gasteiger partial charge on any atom is 0.223 e. The highest BCUT2D eigenvalue weighted by Crippen LogP contribution is 2.28. The predicted molar refractivity (Wildman–Crippen MR) is 91.4 cm³/mol. The van der Waals surface area contributed by atoms with E-state index in [9.17, 15) is 4.79 Å². The van der Waals surface area contributed by atoms with Crippen molar-refractivity contribution in [2.24, 2.45) is 17.1 Å². The first-order valence-electron chi connectivity index (χ1n) is 7.36. The largest absolute Gasteiger partial charge is 0.337 e. The van der Waals surface area contributed by atoms with Gasteiger partial charge < -0.3 is 10.6 Å². The SMILES string of the molecule is CC(CC(=O)N(CCN)Cc1ccccc1)C(C)(C)C.Cl. The molecule has 1 rings (SSSR count). The summed E-state index contributed by atoms with van der Waals surface area (Å²) in [5, 5.41) is 0. The Hall–Kier alpha value is -1.06. The molecule has 1 aromatic carbocycles. The van der Waals surface area contributed by atoms with Gasteiger partial charge in [0, 0.05) is 26.1 Å². The summed E-state index contributed by atoms with van der Waals surface area (Å²) in [4.78, 5) is 14.3. The lowest BCUT2D eigenvalue weighted by Gasteiger charge is -2.30. The maximum atomic E-state index is 12.5. The molecule has 1 atom stereocenters. The minimum Gasteiger partial charge on any atom is -0.337 e. The average Bonchev–Trinajstić information content (AvgIpc) is 2.38. The van der Waals surface area contributed by atoms with Gasteiger partial charge in [0.1, 0.15) is 0 Å². The van der Waals surface area contributed by atoms with E-state index in [2.05, 4.69) is 27.7 Å². The van der Waals surface area contributed by atoms with Gasteiger partial charge in [0.15, 0.2) is 0 Å². The third-order valence-electron chi connectivity index (χ3n) is 3.93. The van der Waals surface area contributed by atoms with Gasteiger partial charge in [-0.25, -0.2) is 0 Å². The molecule has 21 heavy (non-hydrogen) atoms. The second-order valence-corrected chi connectivity index (χ2v) is 6.56. The Kier molecular flexibility index (Phi) is 8.60. The zero-order valence-corrected chi connectivity index (χ0v) is 14.5. The summed E-state index contributed by atoms with van der Waals surface area (Å²) in [5.74, 6) is 0.549. The number of benzene rings is 1. The Bertz CT molecular complexity index is 415. The monoisotopic (exact) mass is 312 g/mol. The smallest absolute Gasteiger partial charge is 0.223 e. The van der Waals surface area contributed by atoms with E-state index in [1.165, 1.54) is 0 Å². The second kappa shape index (κ2) is 9.06.